The fraction of sp³-hybridized carbons (Fsp3) is 1.00. The van der Waals surface area contributed by atoms with Crippen LogP contribution >= 0.6 is 0 Å². The summed E-state index contributed by atoms with van der Waals surface area (Å²) in [6.07, 6.45) is 5.29. The minimum Gasteiger partial charge on any atom is -0.319 e. The van der Waals surface area contributed by atoms with Crippen molar-refractivity contribution in [2.75, 3.05) is 13.6 Å². The van der Waals surface area contributed by atoms with Gasteiger partial charge in [0.1, 0.15) is 0 Å². The molecular formula is C13H29N. The SMILES string of the molecule is CCCC(C)(CCC(C)(C)C)CNC. The maximum Gasteiger partial charge on any atom is 0.000216 e. The highest BCUT2D eigenvalue weighted by atomic mass is 14.8. The largest absolute Gasteiger partial charge is 0.319 e. The van der Waals surface area contributed by atoms with Crippen LogP contribution in [0.3, 0.4) is 0 Å². The van der Waals surface area contributed by atoms with E-state index in [1.54, 1.807) is 0 Å². The van der Waals surface area contributed by atoms with E-state index >= 15 is 0 Å². The predicted molar refractivity (Wildman–Crippen MR) is 65.6 cm³/mol. The molecule has 1 N–H and O–H groups in total. The second kappa shape index (κ2) is 5.75. The Bertz CT molecular complexity index is 138. The summed E-state index contributed by atoms with van der Waals surface area (Å²) in [7, 11) is 2.06. The Labute approximate surface area is 90.7 Å². The van der Waals surface area contributed by atoms with Crippen molar-refractivity contribution in [3.8, 4) is 0 Å². The minimum absolute atomic E-state index is 0.475. The van der Waals surface area contributed by atoms with Gasteiger partial charge in [-0.3, -0.25) is 0 Å². The molecule has 0 fully saturated rings. The summed E-state index contributed by atoms with van der Waals surface area (Å²) in [5.74, 6) is 0. The molecule has 0 saturated carbocycles. The highest BCUT2D eigenvalue weighted by molar-refractivity contribution is 4.78. The van der Waals surface area contributed by atoms with Gasteiger partial charge >= 0.3 is 0 Å². The van der Waals surface area contributed by atoms with Gasteiger partial charge in [-0.25, -0.2) is 0 Å². The molecule has 86 valence electrons. The molecule has 1 atom stereocenters. The fourth-order valence-electron chi connectivity index (χ4n) is 2.01. The predicted octanol–water partition coefficient (Wildman–Crippen LogP) is 3.84. The molecule has 0 bridgehead atoms. The van der Waals surface area contributed by atoms with Crippen molar-refractivity contribution in [1.29, 1.82) is 0 Å². The summed E-state index contributed by atoms with van der Waals surface area (Å²) in [6, 6.07) is 0. The minimum atomic E-state index is 0.475. The maximum atomic E-state index is 3.33. The Morgan fingerprint density at radius 1 is 0.929 bits per heavy atom. The summed E-state index contributed by atoms with van der Waals surface area (Å²) in [5, 5.41) is 3.33. The zero-order valence-corrected chi connectivity index (χ0v) is 11.0. The Balaban J connectivity index is 4.08. The zero-order valence-electron chi connectivity index (χ0n) is 11.0. The van der Waals surface area contributed by atoms with Gasteiger partial charge in [-0.1, -0.05) is 41.0 Å². The van der Waals surface area contributed by atoms with E-state index in [4.69, 9.17) is 0 Å². The van der Waals surface area contributed by atoms with E-state index in [1.165, 1.54) is 25.7 Å². The van der Waals surface area contributed by atoms with E-state index in [9.17, 15) is 0 Å². The van der Waals surface area contributed by atoms with Crippen LogP contribution in [0.25, 0.3) is 0 Å². The van der Waals surface area contributed by atoms with Gasteiger partial charge in [-0.2, -0.15) is 0 Å². The van der Waals surface area contributed by atoms with Crippen molar-refractivity contribution in [2.45, 2.75) is 60.3 Å². The molecule has 0 spiro atoms. The van der Waals surface area contributed by atoms with Gasteiger partial charge < -0.3 is 5.32 Å². The van der Waals surface area contributed by atoms with Gasteiger partial charge in [0.15, 0.2) is 0 Å². The van der Waals surface area contributed by atoms with E-state index in [2.05, 4.69) is 47.0 Å². The molecule has 1 heteroatoms. The third-order valence-electron chi connectivity index (χ3n) is 2.94. The van der Waals surface area contributed by atoms with Crippen molar-refractivity contribution in [3.05, 3.63) is 0 Å². The first-order chi connectivity index (χ1) is 6.33. The van der Waals surface area contributed by atoms with Crippen LogP contribution in [0.1, 0.15) is 60.3 Å². The van der Waals surface area contributed by atoms with Crippen molar-refractivity contribution in [3.63, 3.8) is 0 Å². The smallest absolute Gasteiger partial charge is 0.000216 e. The van der Waals surface area contributed by atoms with Gasteiger partial charge in [0.25, 0.3) is 0 Å². The first-order valence-corrected chi connectivity index (χ1v) is 5.97. The highest BCUT2D eigenvalue weighted by Gasteiger charge is 2.24. The zero-order chi connectivity index (χ0) is 11.2. The summed E-state index contributed by atoms with van der Waals surface area (Å²) < 4.78 is 0. The molecule has 0 heterocycles. The highest BCUT2D eigenvalue weighted by Crippen LogP contribution is 2.33. The first-order valence-electron chi connectivity index (χ1n) is 5.97. The summed E-state index contributed by atoms with van der Waals surface area (Å²) in [4.78, 5) is 0. The van der Waals surface area contributed by atoms with E-state index < -0.39 is 0 Å². The molecule has 0 aromatic heterocycles. The maximum absolute atomic E-state index is 3.33. The molecular weight excluding hydrogens is 170 g/mol. The lowest BCUT2D eigenvalue weighted by molar-refractivity contribution is 0.213. The van der Waals surface area contributed by atoms with Gasteiger partial charge in [0, 0.05) is 6.54 Å². The quantitative estimate of drug-likeness (QED) is 0.685. The third-order valence-corrected chi connectivity index (χ3v) is 2.94. The van der Waals surface area contributed by atoms with Crippen LogP contribution in [0.15, 0.2) is 0 Å². The lowest BCUT2D eigenvalue weighted by Crippen LogP contribution is -2.30. The molecule has 0 aromatic carbocycles. The van der Waals surface area contributed by atoms with E-state index in [0.717, 1.165) is 6.54 Å². The van der Waals surface area contributed by atoms with E-state index in [1.807, 2.05) is 0 Å². The Kier molecular flexibility index (Phi) is 5.73. The second-order valence-electron chi connectivity index (χ2n) is 6.15. The average Bonchev–Trinajstić information content (AvgIpc) is 2.01. The lowest BCUT2D eigenvalue weighted by Gasteiger charge is -2.32. The molecule has 0 aliphatic rings. The number of nitrogens with one attached hydrogen (secondary N) is 1. The van der Waals surface area contributed by atoms with Gasteiger partial charge in [-0.15, -0.1) is 0 Å². The van der Waals surface area contributed by atoms with Crippen LogP contribution in [-0.4, -0.2) is 13.6 Å². The molecule has 1 unspecified atom stereocenters. The molecule has 0 amide bonds. The molecule has 0 aliphatic carbocycles. The van der Waals surface area contributed by atoms with Crippen molar-refractivity contribution >= 4 is 0 Å². The van der Waals surface area contributed by atoms with Gasteiger partial charge in [-0.05, 0) is 37.1 Å². The lowest BCUT2D eigenvalue weighted by atomic mass is 9.76. The van der Waals surface area contributed by atoms with Crippen LogP contribution in [0.4, 0.5) is 0 Å². The first kappa shape index (κ1) is 14.0. The Morgan fingerprint density at radius 2 is 1.50 bits per heavy atom. The van der Waals surface area contributed by atoms with Gasteiger partial charge in [0.2, 0.25) is 0 Å². The summed E-state index contributed by atoms with van der Waals surface area (Å²) in [6.45, 7) is 12.8. The van der Waals surface area contributed by atoms with Crippen LogP contribution in [-0.2, 0) is 0 Å². The Morgan fingerprint density at radius 3 is 1.86 bits per heavy atom. The Hall–Kier alpha value is -0.0400. The van der Waals surface area contributed by atoms with Crippen LogP contribution < -0.4 is 5.32 Å². The van der Waals surface area contributed by atoms with Crippen molar-refractivity contribution < 1.29 is 0 Å². The molecule has 1 nitrogen and oxygen atoms in total. The van der Waals surface area contributed by atoms with Crippen molar-refractivity contribution in [2.24, 2.45) is 10.8 Å². The van der Waals surface area contributed by atoms with Crippen LogP contribution in [0.5, 0.6) is 0 Å². The molecule has 0 aromatic rings. The summed E-state index contributed by atoms with van der Waals surface area (Å²) >= 11 is 0. The second-order valence-corrected chi connectivity index (χ2v) is 6.15. The average molecular weight is 199 g/mol. The number of rotatable bonds is 6. The van der Waals surface area contributed by atoms with Crippen LogP contribution in [0, 0.1) is 10.8 Å². The van der Waals surface area contributed by atoms with Gasteiger partial charge in [0.05, 0.1) is 0 Å². The summed E-state index contributed by atoms with van der Waals surface area (Å²) in [5.41, 5.74) is 0.972. The topological polar surface area (TPSA) is 12.0 Å². The molecule has 14 heavy (non-hydrogen) atoms. The normalized spacial score (nSPS) is 16.7. The standard InChI is InChI=1S/C13H29N/c1-7-8-13(5,11-14-6)10-9-12(2,3)4/h14H,7-11H2,1-6H3. The fourth-order valence-corrected chi connectivity index (χ4v) is 2.01. The van der Waals surface area contributed by atoms with E-state index in [-0.39, 0.29) is 0 Å². The molecule has 0 rings (SSSR count). The van der Waals surface area contributed by atoms with Crippen LogP contribution in [0.2, 0.25) is 0 Å². The third kappa shape index (κ3) is 6.42. The monoisotopic (exact) mass is 199 g/mol. The molecule has 0 radical (unpaired) electrons. The molecule has 0 saturated heterocycles. The number of hydrogen-bond donors (Lipinski definition) is 1. The number of hydrogen-bond acceptors (Lipinski definition) is 1. The van der Waals surface area contributed by atoms with E-state index in [0.29, 0.717) is 10.8 Å². The van der Waals surface area contributed by atoms with Crippen molar-refractivity contribution in [1.82, 2.24) is 5.32 Å². The molecule has 0 aliphatic heterocycles.